The van der Waals surface area contributed by atoms with Crippen LogP contribution in [0.2, 0.25) is 0 Å². The predicted molar refractivity (Wildman–Crippen MR) is 266 cm³/mol. The third-order valence-corrected chi connectivity index (χ3v) is 14.2. The van der Waals surface area contributed by atoms with Crippen LogP contribution in [0.3, 0.4) is 0 Å². The largest absolute Gasteiger partial charge is 0.456 e. The van der Waals surface area contributed by atoms with Gasteiger partial charge in [-0.1, -0.05) is 147 Å². The molecule has 2 aromatic heterocycles. The Bertz CT molecular complexity index is 3500. The Hall–Kier alpha value is -7.36. The summed E-state index contributed by atoms with van der Waals surface area (Å²) in [5.74, 6) is 0.753. The minimum atomic E-state index is 0.233. The van der Waals surface area contributed by atoms with E-state index < -0.39 is 0 Å². The number of rotatable bonds is 8. The molecule has 1 aliphatic carbocycles. The van der Waals surface area contributed by atoms with E-state index in [0.29, 0.717) is 0 Å². The molecule has 1 aliphatic rings. The number of benzene rings is 9. The molecule has 1 saturated carbocycles. The van der Waals surface area contributed by atoms with Gasteiger partial charge in [0.25, 0.3) is 0 Å². The zero-order chi connectivity index (χ0) is 42.1. The highest BCUT2D eigenvalue weighted by Gasteiger charge is 2.37. The van der Waals surface area contributed by atoms with Crippen molar-refractivity contribution < 1.29 is 4.42 Å². The smallest absolute Gasteiger partial charge is 0.137 e. The maximum atomic E-state index is 6.85. The van der Waals surface area contributed by atoms with Crippen LogP contribution in [0.25, 0.3) is 82.5 Å². The van der Waals surface area contributed by atoms with E-state index in [2.05, 4.69) is 224 Å². The number of fused-ring (bicyclic) bond motifs is 7. The predicted octanol–water partition coefficient (Wildman–Crippen LogP) is 17.1. The maximum absolute atomic E-state index is 6.85. The summed E-state index contributed by atoms with van der Waals surface area (Å²) >= 11 is 0. The summed E-state index contributed by atoms with van der Waals surface area (Å²) in [6.07, 6.45) is 4.95. The van der Waals surface area contributed by atoms with Crippen molar-refractivity contribution >= 4 is 71.6 Å². The molecular weight excluding hydrogens is 765 g/mol. The van der Waals surface area contributed by atoms with E-state index in [9.17, 15) is 0 Å². The average Bonchev–Trinajstić information content (AvgIpc) is 4.03. The topological polar surface area (TPSA) is 21.3 Å². The molecule has 0 spiro atoms. The van der Waals surface area contributed by atoms with Gasteiger partial charge in [-0.15, -0.1) is 0 Å². The molecule has 0 bridgehead atoms. The molecule has 63 heavy (non-hydrogen) atoms. The van der Waals surface area contributed by atoms with Gasteiger partial charge in [0.1, 0.15) is 11.2 Å². The van der Waals surface area contributed by atoms with Gasteiger partial charge in [0, 0.05) is 44.5 Å². The van der Waals surface area contributed by atoms with Gasteiger partial charge in [-0.25, -0.2) is 0 Å². The molecule has 9 aromatic carbocycles. The lowest BCUT2D eigenvalue weighted by molar-refractivity contribution is 0.408. The molecule has 304 valence electrons. The molecule has 0 amide bonds. The molecule has 12 rings (SSSR count). The summed E-state index contributed by atoms with van der Waals surface area (Å²) in [6, 6.07) is 73.3. The van der Waals surface area contributed by atoms with Crippen LogP contribution in [-0.4, -0.2) is 4.57 Å². The van der Waals surface area contributed by atoms with Crippen molar-refractivity contribution in [2.24, 2.45) is 5.92 Å². The van der Waals surface area contributed by atoms with Crippen molar-refractivity contribution in [3.05, 3.63) is 206 Å². The zero-order valence-electron chi connectivity index (χ0n) is 35.8. The number of furan rings is 1. The Morgan fingerprint density at radius 3 is 2.06 bits per heavy atom. The number of hydrogen-bond acceptors (Lipinski definition) is 2. The molecule has 2 heterocycles. The van der Waals surface area contributed by atoms with Gasteiger partial charge in [-0.05, 0) is 131 Å². The van der Waals surface area contributed by atoms with Gasteiger partial charge in [-0.3, -0.25) is 0 Å². The van der Waals surface area contributed by atoms with Crippen LogP contribution in [0.1, 0.15) is 45.1 Å². The highest BCUT2D eigenvalue weighted by molar-refractivity contribution is 6.18. The molecule has 2 unspecified atom stereocenters. The van der Waals surface area contributed by atoms with Crippen LogP contribution >= 0.6 is 0 Å². The van der Waals surface area contributed by atoms with Crippen molar-refractivity contribution in [1.82, 2.24) is 4.57 Å². The zero-order valence-corrected chi connectivity index (χ0v) is 35.8. The van der Waals surface area contributed by atoms with E-state index in [1.165, 1.54) is 74.0 Å². The fourth-order valence-corrected chi connectivity index (χ4v) is 11.2. The molecule has 3 nitrogen and oxygen atoms in total. The third kappa shape index (κ3) is 6.02. The lowest BCUT2D eigenvalue weighted by atomic mass is 9.76. The Kier molecular flexibility index (Phi) is 8.86. The summed E-state index contributed by atoms with van der Waals surface area (Å²) in [5, 5.41) is 7.20. The number of anilines is 3. The molecule has 0 radical (unpaired) electrons. The van der Waals surface area contributed by atoms with Gasteiger partial charge in [0.15, 0.2) is 0 Å². The van der Waals surface area contributed by atoms with Gasteiger partial charge in [0.2, 0.25) is 0 Å². The van der Waals surface area contributed by atoms with Crippen LogP contribution < -0.4 is 4.90 Å². The Morgan fingerprint density at radius 1 is 0.556 bits per heavy atom. The summed E-state index contributed by atoms with van der Waals surface area (Å²) in [6.45, 7) is 4.78. The Labute approximate surface area is 368 Å². The molecule has 0 aliphatic heterocycles. The second-order valence-electron chi connectivity index (χ2n) is 17.8. The van der Waals surface area contributed by atoms with Crippen LogP contribution in [0.15, 0.2) is 205 Å². The monoisotopic (exact) mass is 812 g/mol. The lowest BCUT2D eigenvalue weighted by Crippen LogP contribution is -2.21. The van der Waals surface area contributed by atoms with E-state index >= 15 is 0 Å². The summed E-state index contributed by atoms with van der Waals surface area (Å²) in [7, 11) is 0. The van der Waals surface area contributed by atoms with Crippen molar-refractivity contribution in [2.75, 3.05) is 4.90 Å². The standard InChI is InChI=1S/C60H48N2O/c1-3-60(36-35-40(2)39-60)43-31-34-56-51(37-43)48-33-32-45(38-57(48)63-56)62(55-30-16-29-54-59(55)50-24-11-13-28-53(50)61(54)44-21-8-5-9-22-44)52-27-12-10-23-47(52)49-26-15-20-42-19-14-25-46(58(42)49)41-17-6-4-7-18-41/h4-34,37-38,40H,3,35-36,39H2,1-2H3. The van der Waals surface area contributed by atoms with Gasteiger partial charge < -0.3 is 13.9 Å². The second-order valence-corrected chi connectivity index (χ2v) is 17.8. The van der Waals surface area contributed by atoms with Crippen molar-refractivity contribution in [2.45, 2.75) is 44.9 Å². The molecule has 3 heteroatoms. The summed E-state index contributed by atoms with van der Waals surface area (Å²) in [5.41, 5.74) is 15.0. The minimum Gasteiger partial charge on any atom is -0.456 e. The number of para-hydroxylation sites is 3. The van der Waals surface area contributed by atoms with Crippen LogP contribution in [0.5, 0.6) is 0 Å². The van der Waals surface area contributed by atoms with E-state index in [1.54, 1.807) is 0 Å². The number of nitrogens with zero attached hydrogens (tertiary/aromatic N) is 2. The van der Waals surface area contributed by atoms with Crippen molar-refractivity contribution in [3.63, 3.8) is 0 Å². The molecule has 2 atom stereocenters. The van der Waals surface area contributed by atoms with Gasteiger partial charge in [-0.2, -0.15) is 0 Å². The first-order chi connectivity index (χ1) is 31.1. The van der Waals surface area contributed by atoms with Crippen LogP contribution in [-0.2, 0) is 5.41 Å². The Morgan fingerprint density at radius 2 is 1.25 bits per heavy atom. The SMILES string of the molecule is CCC1(c2ccc3oc4cc(N(c5ccccc5-c5cccc6cccc(-c7ccccc7)c56)c5cccc6c5c5ccccc5n6-c5ccccc5)ccc4c3c2)CCC(C)C1. The minimum absolute atomic E-state index is 0.233. The van der Waals surface area contributed by atoms with Crippen molar-refractivity contribution in [3.8, 4) is 27.9 Å². The lowest BCUT2D eigenvalue weighted by Gasteiger charge is -2.29. The highest BCUT2D eigenvalue weighted by atomic mass is 16.3. The van der Waals surface area contributed by atoms with E-state index in [4.69, 9.17) is 4.42 Å². The van der Waals surface area contributed by atoms with Crippen LogP contribution in [0, 0.1) is 5.92 Å². The average molecular weight is 813 g/mol. The fourth-order valence-electron chi connectivity index (χ4n) is 11.2. The fraction of sp³-hybridized carbons (Fsp3) is 0.133. The number of hydrogen-bond donors (Lipinski definition) is 0. The van der Waals surface area contributed by atoms with Crippen LogP contribution in [0.4, 0.5) is 17.1 Å². The molecule has 0 N–H and O–H groups in total. The first kappa shape index (κ1) is 37.4. The summed E-state index contributed by atoms with van der Waals surface area (Å²) < 4.78 is 9.25. The van der Waals surface area contributed by atoms with E-state index in [-0.39, 0.29) is 5.41 Å². The quantitative estimate of drug-likeness (QED) is 0.152. The Balaban J connectivity index is 1.13. The molecule has 0 saturated heterocycles. The summed E-state index contributed by atoms with van der Waals surface area (Å²) in [4.78, 5) is 2.48. The van der Waals surface area contributed by atoms with E-state index in [1.807, 2.05) is 0 Å². The van der Waals surface area contributed by atoms with Crippen molar-refractivity contribution in [1.29, 1.82) is 0 Å². The van der Waals surface area contributed by atoms with Gasteiger partial charge >= 0.3 is 0 Å². The highest BCUT2D eigenvalue weighted by Crippen LogP contribution is 2.50. The normalized spacial score (nSPS) is 16.5. The third-order valence-electron chi connectivity index (χ3n) is 14.2. The molecule has 11 aromatic rings. The first-order valence-electron chi connectivity index (χ1n) is 22.6. The maximum Gasteiger partial charge on any atom is 0.137 e. The van der Waals surface area contributed by atoms with Gasteiger partial charge in [0.05, 0.1) is 22.4 Å². The molecule has 1 fully saturated rings. The van der Waals surface area contributed by atoms with E-state index in [0.717, 1.165) is 62.7 Å². The first-order valence-corrected chi connectivity index (χ1v) is 22.6. The molecular formula is C60H48N2O. The second kappa shape index (κ2) is 14.9. The number of aromatic nitrogens is 1.